The zero-order chi connectivity index (χ0) is 46.4. The van der Waals surface area contributed by atoms with Gasteiger partial charge in [0.2, 0.25) is 0 Å². The highest BCUT2D eigenvalue weighted by molar-refractivity contribution is 5.94. The van der Waals surface area contributed by atoms with E-state index in [1.165, 1.54) is 12.5 Å². The normalized spacial score (nSPS) is 52.1. The number of ether oxygens (including phenoxy) is 6. The molecule has 4 heterocycles. The van der Waals surface area contributed by atoms with Crippen LogP contribution < -0.4 is 5.32 Å². The van der Waals surface area contributed by atoms with Crippen LogP contribution in [0.3, 0.4) is 0 Å². The SMILES string of the molecule is CC1O[C@@H](OC2C(O)[C@H](O[C@@H]3OC(CO)[C@@H](O)C(O)C3O)C(CO)O[C@H]2OC2CC[C@@]3(C)C(=CCC45N[C@]46CC(=O)C([C@H](C)C(=O)CC[C@@H](C)CO)[C@@]6(C)CC[C@@H]53)C2)C(O)C(O)[C@H]1O. The minimum absolute atomic E-state index is 0.0136. The predicted octanol–water partition coefficient (Wildman–Crippen LogP) is -1.93. The van der Waals surface area contributed by atoms with Crippen molar-refractivity contribution in [3.05, 3.63) is 11.6 Å². The first-order valence-electron chi connectivity index (χ1n) is 23.3. The van der Waals surface area contributed by atoms with Gasteiger partial charge < -0.3 is 84.8 Å². The monoisotopic (exact) mass is 913 g/mol. The van der Waals surface area contributed by atoms with Crippen LogP contribution in [0.15, 0.2) is 11.6 Å². The maximum atomic E-state index is 14.0. The Morgan fingerprint density at radius 2 is 1.44 bits per heavy atom. The Balaban J connectivity index is 1.00. The van der Waals surface area contributed by atoms with E-state index < -0.39 is 128 Å². The van der Waals surface area contributed by atoms with Crippen LogP contribution in [0.25, 0.3) is 0 Å². The van der Waals surface area contributed by atoms with Crippen LogP contribution in [0.4, 0.5) is 0 Å². The van der Waals surface area contributed by atoms with Crippen molar-refractivity contribution in [3.63, 3.8) is 0 Å². The van der Waals surface area contributed by atoms with Crippen LogP contribution in [-0.2, 0) is 38.0 Å². The van der Waals surface area contributed by atoms with Crippen molar-refractivity contribution < 1.29 is 89.1 Å². The van der Waals surface area contributed by atoms with E-state index in [0.29, 0.717) is 44.9 Å². The average Bonchev–Trinajstić information content (AvgIpc) is 3.87. The van der Waals surface area contributed by atoms with E-state index in [1.807, 2.05) is 13.8 Å². The van der Waals surface area contributed by atoms with Crippen LogP contribution >= 0.6 is 0 Å². The van der Waals surface area contributed by atoms with Gasteiger partial charge in [-0.1, -0.05) is 39.3 Å². The highest BCUT2D eigenvalue weighted by Gasteiger charge is 2.85. The number of aliphatic hydroxyl groups excluding tert-OH is 10. The van der Waals surface area contributed by atoms with E-state index in [2.05, 4.69) is 25.2 Å². The Morgan fingerprint density at radius 1 is 0.797 bits per heavy atom. The second-order valence-corrected chi connectivity index (χ2v) is 20.9. The molecule has 0 aromatic carbocycles. The van der Waals surface area contributed by atoms with Gasteiger partial charge in [0, 0.05) is 36.8 Å². The third-order valence-corrected chi connectivity index (χ3v) is 17.3. The summed E-state index contributed by atoms with van der Waals surface area (Å²) >= 11 is 0. The molecule has 0 aromatic rings. The molecule has 364 valence electrons. The van der Waals surface area contributed by atoms with Crippen molar-refractivity contribution in [2.45, 2.75) is 202 Å². The van der Waals surface area contributed by atoms with Crippen LogP contribution in [-0.4, -0.2) is 192 Å². The summed E-state index contributed by atoms with van der Waals surface area (Å²) in [5.41, 5.74) is -0.202. The molecule has 4 saturated heterocycles. The quantitative estimate of drug-likeness (QED) is 0.0668. The van der Waals surface area contributed by atoms with Crippen molar-refractivity contribution in [1.29, 1.82) is 0 Å². The summed E-state index contributed by atoms with van der Waals surface area (Å²) in [6.45, 7) is 8.29. The topological polar surface area (TPSA) is 314 Å². The number of hydrogen-bond donors (Lipinski definition) is 11. The molecule has 19 nitrogen and oxygen atoms in total. The lowest BCUT2D eigenvalue weighted by atomic mass is 9.47. The van der Waals surface area contributed by atoms with Gasteiger partial charge in [0.05, 0.1) is 31.0 Å². The number of Topliss-reactive ketones (excluding diaryl/α,β-unsaturated/α-hetero) is 2. The lowest BCUT2D eigenvalue weighted by Crippen LogP contribution is -2.67. The fourth-order valence-corrected chi connectivity index (χ4v) is 13.4. The first kappa shape index (κ1) is 48.8. The van der Waals surface area contributed by atoms with Gasteiger partial charge in [0.1, 0.15) is 78.7 Å². The Morgan fingerprint density at radius 3 is 2.11 bits per heavy atom. The van der Waals surface area contributed by atoms with Gasteiger partial charge in [-0.15, -0.1) is 0 Å². The molecule has 8 aliphatic rings. The van der Waals surface area contributed by atoms with Crippen molar-refractivity contribution in [2.75, 3.05) is 19.8 Å². The average molecular weight is 914 g/mol. The zero-order valence-corrected chi connectivity index (χ0v) is 37.3. The minimum atomic E-state index is -1.85. The standard InChI is InChI=1S/C45H71NO18/c1-19(16-47)6-7-24(50)20(2)29-25(51)15-45-43(29,5)12-10-28-42(4)11-9-23(14-22(42)8-13-44(28,45)46-45)60-41-38(64-39-34(56)32(54)30(52)21(3)59-39)36(58)37(27(18-49)62-41)63-40-35(57)33(55)31(53)26(17-48)61-40/h8,19-21,23,26-41,46-49,52-58H,6-7,9-18H2,1-5H3/t19-,20-,21?,23?,26?,27?,28-,29?,30+,31-,32?,33?,34?,35?,36?,37-,38?,39+,40+,41-,42+,43-,44?,45+/m1/s1. The molecule has 0 bridgehead atoms. The van der Waals surface area contributed by atoms with E-state index in [1.54, 1.807) is 0 Å². The first-order valence-corrected chi connectivity index (χ1v) is 23.3. The largest absolute Gasteiger partial charge is 0.396 e. The van der Waals surface area contributed by atoms with Gasteiger partial charge in [0.15, 0.2) is 18.9 Å². The fraction of sp³-hybridized carbons (Fsp3) is 0.911. The molecular weight excluding hydrogens is 842 g/mol. The lowest BCUT2D eigenvalue weighted by molar-refractivity contribution is -0.389. The number of carbonyl (C=O) groups excluding carboxylic acids is 2. The fourth-order valence-electron chi connectivity index (χ4n) is 13.4. The third-order valence-electron chi connectivity index (χ3n) is 17.3. The molecule has 24 atom stereocenters. The van der Waals surface area contributed by atoms with Crippen molar-refractivity contribution >= 4 is 11.6 Å². The third kappa shape index (κ3) is 7.70. The molecule has 8 rings (SSSR count). The van der Waals surface area contributed by atoms with Gasteiger partial charge in [-0.2, -0.15) is 0 Å². The maximum absolute atomic E-state index is 14.0. The van der Waals surface area contributed by atoms with Gasteiger partial charge in [-0.05, 0) is 74.5 Å². The van der Waals surface area contributed by atoms with E-state index >= 15 is 0 Å². The van der Waals surface area contributed by atoms with Crippen molar-refractivity contribution in [2.24, 2.45) is 34.5 Å². The maximum Gasteiger partial charge on any atom is 0.187 e. The highest BCUT2D eigenvalue weighted by atomic mass is 16.8. The number of fused-ring (bicyclic) bond motifs is 2. The molecule has 12 unspecified atom stereocenters. The molecule has 3 saturated carbocycles. The van der Waals surface area contributed by atoms with Crippen LogP contribution in [0.1, 0.15) is 92.4 Å². The number of rotatable bonds is 14. The summed E-state index contributed by atoms with van der Waals surface area (Å²) in [7, 11) is 0. The summed E-state index contributed by atoms with van der Waals surface area (Å²) in [4.78, 5) is 27.5. The van der Waals surface area contributed by atoms with E-state index in [9.17, 15) is 60.7 Å². The highest BCUT2D eigenvalue weighted by Crippen LogP contribution is 2.76. The predicted molar refractivity (Wildman–Crippen MR) is 219 cm³/mol. The molecule has 2 spiro atoms. The lowest BCUT2D eigenvalue weighted by Gasteiger charge is -2.56. The van der Waals surface area contributed by atoms with E-state index in [-0.39, 0.29) is 46.9 Å². The summed E-state index contributed by atoms with van der Waals surface area (Å²) < 4.78 is 36.2. The summed E-state index contributed by atoms with van der Waals surface area (Å²) in [6, 6.07) is 0. The van der Waals surface area contributed by atoms with E-state index in [0.717, 1.165) is 12.8 Å². The van der Waals surface area contributed by atoms with Crippen molar-refractivity contribution in [1.82, 2.24) is 5.32 Å². The summed E-state index contributed by atoms with van der Waals surface area (Å²) in [5.74, 6) is -0.378. The molecule has 7 fully saturated rings. The van der Waals surface area contributed by atoms with Crippen LogP contribution in [0.2, 0.25) is 0 Å². The van der Waals surface area contributed by atoms with Gasteiger partial charge >= 0.3 is 0 Å². The number of carbonyl (C=O) groups is 2. The molecular formula is C45H71NO18. The molecule has 4 aliphatic heterocycles. The second-order valence-electron chi connectivity index (χ2n) is 20.9. The number of hydrogen-bond acceptors (Lipinski definition) is 19. The number of nitrogens with one attached hydrogen (secondary N) is 1. The van der Waals surface area contributed by atoms with Crippen LogP contribution in [0.5, 0.6) is 0 Å². The second kappa shape index (κ2) is 18.0. The molecule has 64 heavy (non-hydrogen) atoms. The Kier molecular flexibility index (Phi) is 13.8. The Bertz CT molecular complexity index is 1750. The number of ketones is 2. The number of aliphatic hydroxyl groups is 10. The van der Waals surface area contributed by atoms with Gasteiger partial charge in [-0.25, -0.2) is 0 Å². The van der Waals surface area contributed by atoms with Gasteiger partial charge in [0.25, 0.3) is 0 Å². The van der Waals surface area contributed by atoms with Crippen LogP contribution in [0, 0.1) is 34.5 Å². The molecule has 0 radical (unpaired) electrons. The van der Waals surface area contributed by atoms with E-state index in [4.69, 9.17) is 28.4 Å². The Labute approximate surface area is 373 Å². The molecule has 11 N–H and O–H groups in total. The Hall–Kier alpha value is -1.60. The molecule has 4 aliphatic carbocycles. The molecule has 19 heteroatoms. The smallest absolute Gasteiger partial charge is 0.187 e. The minimum Gasteiger partial charge on any atom is -0.396 e. The molecule has 0 aromatic heterocycles. The summed E-state index contributed by atoms with van der Waals surface area (Å²) in [6.07, 6.45) is -16.4. The molecule has 0 amide bonds. The van der Waals surface area contributed by atoms with Crippen molar-refractivity contribution in [3.8, 4) is 0 Å². The summed E-state index contributed by atoms with van der Waals surface area (Å²) in [5, 5.41) is 109. The zero-order valence-electron chi connectivity index (χ0n) is 37.3. The first-order chi connectivity index (χ1) is 30.2. The van der Waals surface area contributed by atoms with Gasteiger partial charge in [-0.3, -0.25) is 9.59 Å².